The largest absolute Gasteiger partial charge is 0.341 e. The van der Waals surface area contributed by atoms with Crippen molar-refractivity contribution in [3.63, 3.8) is 0 Å². The van der Waals surface area contributed by atoms with Crippen LogP contribution in [0.4, 0.5) is 11.5 Å². The second-order valence-electron chi connectivity index (χ2n) is 6.60. The molecule has 0 amide bonds. The fourth-order valence-electron chi connectivity index (χ4n) is 3.46. The van der Waals surface area contributed by atoms with Gasteiger partial charge < -0.3 is 10.3 Å². The summed E-state index contributed by atoms with van der Waals surface area (Å²) < 4.78 is 0. The number of aryl methyl sites for hydroxylation is 2. The van der Waals surface area contributed by atoms with E-state index in [-0.39, 0.29) is 0 Å². The topological polar surface area (TPSA) is 92.3 Å². The summed E-state index contributed by atoms with van der Waals surface area (Å²) in [5, 5.41) is 5.76. The number of hydrogen-bond acceptors (Lipinski definition) is 6. The normalized spacial score (nSPS) is 11.2. The molecule has 7 nitrogen and oxygen atoms in total. The number of fused-ring (bicyclic) bond motifs is 2. The molecule has 4 aromatic heterocycles. The van der Waals surface area contributed by atoms with Crippen molar-refractivity contribution >= 4 is 33.4 Å². The smallest absolute Gasteiger partial charge is 0.181 e. The first-order valence-electron chi connectivity index (χ1n) is 8.94. The third-order valence-corrected chi connectivity index (χ3v) is 4.88. The molecule has 28 heavy (non-hydrogen) atoms. The Kier molecular flexibility index (Phi) is 3.72. The lowest BCUT2D eigenvalue weighted by Gasteiger charge is -2.15. The van der Waals surface area contributed by atoms with Crippen LogP contribution in [-0.2, 0) is 0 Å². The second-order valence-corrected chi connectivity index (χ2v) is 6.60. The maximum Gasteiger partial charge on any atom is 0.181 e. The van der Waals surface area contributed by atoms with Gasteiger partial charge in [0.25, 0.3) is 0 Å². The third-order valence-electron chi connectivity index (χ3n) is 4.88. The Hall–Kier alpha value is -3.87. The van der Waals surface area contributed by atoms with Gasteiger partial charge >= 0.3 is 0 Å². The number of aromatic nitrogens is 6. The molecular formula is C21H17N7. The molecule has 7 heteroatoms. The van der Waals surface area contributed by atoms with Gasteiger partial charge in [0, 0.05) is 34.4 Å². The van der Waals surface area contributed by atoms with Crippen LogP contribution in [0.2, 0.25) is 0 Å². The van der Waals surface area contributed by atoms with Gasteiger partial charge in [0.2, 0.25) is 0 Å². The lowest BCUT2D eigenvalue weighted by Crippen LogP contribution is -2.01. The van der Waals surface area contributed by atoms with Crippen LogP contribution in [0.1, 0.15) is 11.3 Å². The van der Waals surface area contributed by atoms with Crippen LogP contribution < -0.4 is 5.32 Å². The Morgan fingerprint density at radius 3 is 2.71 bits per heavy atom. The predicted molar refractivity (Wildman–Crippen MR) is 109 cm³/mol. The van der Waals surface area contributed by atoms with Gasteiger partial charge in [0.1, 0.15) is 23.4 Å². The summed E-state index contributed by atoms with van der Waals surface area (Å²) in [6.07, 6.45) is 6.75. The number of H-pyrrole nitrogens is 1. The SMILES string of the molecule is Cc1ccc2c(C)nccc2c1Nc1ncccc1-c1ncnc2nc[nH]c12. The molecule has 0 atom stereocenters. The van der Waals surface area contributed by atoms with E-state index in [2.05, 4.69) is 54.3 Å². The predicted octanol–water partition coefficient (Wildman–Crippen LogP) is 4.32. The number of nitrogens with zero attached hydrogens (tertiary/aromatic N) is 5. The first kappa shape index (κ1) is 16.3. The minimum absolute atomic E-state index is 0.628. The minimum Gasteiger partial charge on any atom is -0.341 e. The Balaban J connectivity index is 1.70. The molecule has 0 saturated heterocycles. The quantitative estimate of drug-likeness (QED) is 0.493. The van der Waals surface area contributed by atoms with Gasteiger partial charge in [-0.15, -0.1) is 0 Å². The van der Waals surface area contributed by atoms with Crippen molar-refractivity contribution in [1.29, 1.82) is 0 Å². The van der Waals surface area contributed by atoms with E-state index in [1.54, 1.807) is 12.5 Å². The summed E-state index contributed by atoms with van der Waals surface area (Å²) in [6, 6.07) is 10.1. The van der Waals surface area contributed by atoms with Crippen molar-refractivity contribution in [2.75, 3.05) is 5.32 Å². The molecule has 5 rings (SSSR count). The van der Waals surface area contributed by atoms with Crippen LogP contribution in [0.3, 0.4) is 0 Å². The van der Waals surface area contributed by atoms with Gasteiger partial charge in [-0.25, -0.2) is 19.9 Å². The van der Waals surface area contributed by atoms with Crippen molar-refractivity contribution < 1.29 is 0 Å². The number of rotatable bonds is 3. The maximum atomic E-state index is 4.59. The zero-order chi connectivity index (χ0) is 19.1. The van der Waals surface area contributed by atoms with Crippen molar-refractivity contribution in [2.45, 2.75) is 13.8 Å². The van der Waals surface area contributed by atoms with Crippen molar-refractivity contribution in [2.24, 2.45) is 0 Å². The lowest BCUT2D eigenvalue weighted by molar-refractivity contribution is 1.19. The zero-order valence-corrected chi connectivity index (χ0v) is 15.4. The molecule has 0 bridgehead atoms. The molecule has 0 aliphatic rings. The molecule has 136 valence electrons. The highest BCUT2D eigenvalue weighted by Crippen LogP contribution is 2.34. The molecular weight excluding hydrogens is 350 g/mol. The number of aromatic amines is 1. The van der Waals surface area contributed by atoms with Crippen LogP contribution in [0, 0.1) is 13.8 Å². The molecule has 0 fully saturated rings. The molecule has 1 aromatic carbocycles. The zero-order valence-electron chi connectivity index (χ0n) is 15.4. The molecule has 2 N–H and O–H groups in total. The molecule has 4 heterocycles. The fraction of sp³-hybridized carbons (Fsp3) is 0.0952. The standard InChI is InChI=1S/C21H17N7/c1-12-5-6-14-13(2)22-9-7-15(14)17(12)28-20-16(4-3-8-23-20)18-19-21(26-10-24-18)27-11-25-19/h3-11H,1-2H3,(H,23,28)(H,24,25,26,27). The highest BCUT2D eigenvalue weighted by molar-refractivity contribution is 5.99. The van der Waals surface area contributed by atoms with Gasteiger partial charge in [-0.05, 0) is 37.6 Å². The van der Waals surface area contributed by atoms with E-state index < -0.39 is 0 Å². The summed E-state index contributed by atoms with van der Waals surface area (Å²) >= 11 is 0. The summed E-state index contributed by atoms with van der Waals surface area (Å²) in [4.78, 5) is 25.0. The fourth-order valence-corrected chi connectivity index (χ4v) is 3.46. The second kappa shape index (κ2) is 6.38. The van der Waals surface area contributed by atoms with Crippen LogP contribution in [0.15, 0.2) is 55.4 Å². The van der Waals surface area contributed by atoms with Gasteiger partial charge in [-0.2, -0.15) is 0 Å². The summed E-state index contributed by atoms with van der Waals surface area (Å²) in [7, 11) is 0. The minimum atomic E-state index is 0.628. The molecule has 0 spiro atoms. The summed E-state index contributed by atoms with van der Waals surface area (Å²) in [5.41, 5.74) is 6.19. The monoisotopic (exact) mass is 367 g/mol. The highest BCUT2D eigenvalue weighted by Gasteiger charge is 2.15. The molecule has 0 aliphatic heterocycles. The van der Waals surface area contributed by atoms with Gasteiger partial charge in [-0.1, -0.05) is 12.1 Å². The Bertz CT molecular complexity index is 1320. The van der Waals surface area contributed by atoms with E-state index >= 15 is 0 Å². The van der Waals surface area contributed by atoms with E-state index in [1.165, 1.54) is 6.33 Å². The van der Waals surface area contributed by atoms with Gasteiger partial charge in [0.15, 0.2) is 5.65 Å². The molecule has 0 aliphatic carbocycles. The Morgan fingerprint density at radius 2 is 1.79 bits per heavy atom. The summed E-state index contributed by atoms with van der Waals surface area (Å²) in [5.74, 6) is 0.724. The molecule has 0 saturated carbocycles. The van der Waals surface area contributed by atoms with Crippen molar-refractivity contribution in [1.82, 2.24) is 29.9 Å². The van der Waals surface area contributed by atoms with E-state index in [9.17, 15) is 0 Å². The summed E-state index contributed by atoms with van der Waals surface area (Å²) in [6.45, 7) is 4.10. The maximum absolute atomic E-state index is 4.59. The first-order chi connectivity index (χ1) is 13.7. The number of hydrogen-bond donors (Lipinski definition) is 2. The highest BCUT2D eigenvalue weighted by atomic mass is 15.0. The van der Waals surface area contributed by atoms with E-state index in [0.29, 0.717) is 5.65 Å². The Labute approximate surface area is 160 Å². The van der Waals surface area contributed by atoms with Crippen LogP contribution in [-0.4, -0.2) is 29.9 Å². The van der Waals surface area contributed by atoms with Crippen LogP contribution >= 0.6 is 0 Å². The van der Waals surface area contributed by atoms with E-state index in [0.717, 1.165) is 50.3 Å². The Morgan fingerprint density at radius 1 is 0.857 bits per heavy atom. The average molecular weight is 367 g/mol. The van der Waals surface area contributed by atoms with Crippen LogP contribution in [0.5, 0.6) is 0 Å². The van der Waals surface area contributed by atoms with Gasteiger partial charge in [0.05, 0.1) is 12.0 Å². The van der Waals surface area contributed by atoms with E-state index in [4.69, 9.17) is 0 Å². The number of nitrogens with one attached hydrogen (secondary N) is 2. The van der Waals surface area contributed by atoms with Crippen LogP contribution in [0.25, 0.3) is 33.2 Å². The van der Waals surface area contributed by atoms with Crippen molar-refractivity contribution in [3.8, 4) is 11.3 Å². The lowest BCUT2D eigenvalue weighted by atomic mass is 10.0. The van der Waals surface area contributed by atoms with E-state index in [1.807, 2.05) is 31.3 Å². The molecule has 0 unspecified atom stereocenters. The number of anilines is 2. The number of imidazole rings is 1. The average Bonchev–Trinajstić information content (AvgIpc) is 3.20. The van der Waals surface area contributed by atoms with Gasteiger partial charge in [-0.3, -0.25) is 4.98 Å². The van der Waals surface area contributed by atoms with Crippen molar-refractivity contribution in [3.05, 3.63) is 66.6 Å². The first-order valence-corrected chi connectivity index (χ1v) is 8.94. The number of pyridine rings is 2. The molecule has 0 radical (unpaired) electrons. The molecule has 5 aromatic rings. The third kappa shape index (κ3) is 2.56. The number of benzene rings is 1.